The van der Waals surface area contributed by atoms with Crippen molar-refractivity contribution in [1.29, 1.82) is 0 Å². The molecule has 0 saturated heterocycles. The summed E-state index contributed by atoms with van der Waals surface area (Å²) in [5.74, 6) is 0.0125. The van der Waals surface area contributed by atoms with E-state index in [4.69, 9.17) is 5.73 Å². The van der Waals surface area contributed by atoms with Gasteiger partial charge in [-0.25, -0.2) is 4.68 Å². The molecule has 1 heterocycles. The van der Waals surface area contributed by atoms with Crippen LogP contribution in [0.2, 0.25) is 0 Å². The number of carbonyl (C=O) groups is 1. The Hall–Kier alpha value is -1.11. The fraction of sp³-hybridized carbons (Fsp3) is 0.625. The van der Waals surface area contributed by atoms with Crippen LogP contribution in [0.1, 0.15) is 20.8 Å². The number of amides is 1. The Balaban J connectivity index is 2.63. The first-order valence-corrected chi connectivity index (χ1v) is 5.24. The summed E-state index contributed by atoms with van der Waals surface area (Å²) in [6.07, 6.45) is 0. The van der Waals surface area contributed by atoms with Gasteiger partial charge in [-0.2, -0.15) is 4.98 Å². The minimum atomic E-state index is -0.254. The number of halogens is 1. The van der Waals surface area contributed by atoms with Crippen LogP contribution in [0, 0.1) is 0 Å². The molecule has 1 amide bonds. The van der Waals surface area contributed by atoms with Crippen molar-refractivity contribution in [2.75, 3.05) is 5.73 Å². The third-order valence-corrected chi connectivity index (χ3v) is 2.04. The fourth-order valence-corrected chi connectivity index (χ4v) is 1.42. The maximum atomic E-state index is 11.5. The highest BCUT2D eigenvalue weighted by Crippen LogP contribution is 2.07. The number of nitrogens with one attached hydrogen (secondary N) is 1. The fourth-order valence-electron chi connectivity index (χ4n) is 1.03. The second-order valence-electron chi connectivity index (χ2n) is 4.19. The van der Waals surface area contributed by atoms with Crippen LogP contribution in [0.15, 0.2) is 4.73 Å². The van der Waals surface area contributed by atoms with E-state index < -0.39 is 0 Å². The van der Waals surface area contributed by atoms with E-state index in [1.807, 2.05) is 20.8 Å². The predicted molar refractivity (Wildman–Crippen MR) is 60.0 cm³/mol. The number of nitrogens with two attached hydrogens (primary N) is 1. The molecule has 0 spiro atoms. The lowest BCUT2D eigenvalue weighted by Crippen LogP contribution is -2.42. The topological polar surface area (TPSA) is 85.8 Å². The van der Waals surface area contributed by atoms with Crippen LogP contribution in [0.25, 0.3) is 0 Å². The lowest BCUT2D eigenvalue weighted by molar-refractivity contribution is -0.123. The number of aromatic nitrogens is 3. The van der Waals surface area contributed by atoms with Crippen LogP contribution in [0.4, 0.5) is 5.95 Å². The van der Waals surface area contributed by atoms with E-state index in [0.29, 0.717) is 4.73 Å². The molecule has 0 unspecified atom stereocenters. The molecule has 0 aromatic carbocycles. The zero-order chi connectivity index (χ0) is 11.6. The Morgan fingerprint density at radius 1 is 1.60 bits per heavy atom. The number of rotatable bonds is 2. The normalized spacial score (nSPS) is 11.5. The zero-order valence-electron chi connectivity index (χ0n) is 8.91. The van der Waals surface area contributed by atoms with E-state index in [-0.39, 0.29) is 23.9 Å². The second kappa shape index (κ2) is 4.18. The van der Waals surface area contributed by atoms with E-state index >= 15 is 0 Å². The molecule has 0 bridgehead atoms. The number of carbonyl (C=O) groups excluding carboxylic acids is 1. The van der Waals surface area contributed by atoms with Gasteiger partial charge in [-0.3, -0.25) is 4.79 Å². The van der Waals surface area contributed by atoms with Gasteiger partial charge in [-0.05, 0) is 36.7 Å². The van der Waals surface area contributed by atoms with Gasteiger partial charge in [-0.1, -0.05) is 0 Å². The molecule has 0 saturated carbocycles. The van der Waals surface area contributed by atoms with Gasteiger partial charge in [0.15, 0.2) is 4.73 Å². The summed E-state index contributed by atoms with van der Waals surface area (Å²) in [6.45, 7) is 5.84. The average Bonchev–Trinajstić information content (AvgIpc) is 2.25. The molecule has 6 nitrogen and oxygen atoms in total. The van der Waals surface area contributed by atoms with Gasteiger partial charge >= 0.3 is 0 Å². The summed E-state index contributed by atoms with van der Waals surface area (Å²) in [6, 6.07) is 0. The van der Waals surface area contributed by atoms with Crippen molar-refractivity contribution in [2.24, 2.45) is 0 Å². The minimum absolute atomic E-state index is 0.0993. The first kappa shape index (κ1) is 12.0. The van der Waals surface area contributed by atoms with Crippen LogP contribution in [0.5, 0.6) is 0 Å². The van der Waals surface area contributed by atoms with Gasteiger partial charge in [0.1, 0.15) is 6.54 Å². The van der Waals surface area contributed by atoms with Crippen molar-refractivity contribution >= 4 is 27.8 Å². The number of anilines is 1. The van der Waals surface area contributed by atoms with E-state index in [2.05, 4.69) is 31.3 Å². The SMILES string of the molecule is CC(C)(C)NC(=O)Cn1nc(N)nc1Br. The largest absolute Gasteiger partial charge is 0.366 e. The highest BCUT2D eigenvalue weighted by molar-refractivity contribution is 9.10. The lowest BCUT2D eigenvalue weighted by Gasteiger charge is -2.20. The molecular weight excluding hydrogens is 262 g/mol. The maximum Gasteiger partial charge on any atom is 0.242 e. The molecule has 7 heteroatoms. The van der Waals surface area contributed by atoms with Crippen molar-refractivity contribution in [2.45, 2.75) is 32.9 Å². The van der Waals surface area contributed by atoms with E-state index in [9.17, 15) is 4.79 Å². The average molecular weight is 276 g/mol. The molecule has 0 aliphatic carbocycles. The van der Waals surface area contributed by atoms with Crippen LogP contribution >= 0.6 is 15.9 Å². The zero-order valence-corrected chi connectivity index (χ0v) is 10.5. The van der Waals surface area contributed by atoms with E-state index in [1.165, 1.54) is 4.68 Å². The van der Waals surface area contributed by atoms with E-state index in [1.54, 1.807) is 0 Å². The maximum absolute atomic E-state index is 11.5. The monoisotopic (exact) mass is 275 g/mol. The summed E-state index contributed by atoms with van der Waals surface area (Å²) < 4.78 is 1.85. The van der Waals surface area contributed by atoms with Gasteiger partial charge in [0.05, 0.1) is 0 Å². The molecule has 0 aliphatic rings. The smallest absolute Gasteiger partial charge is 0.242 e. The first-order chi connectivity index (χ1) is 6.78. The van der Waals surface area contributed by atoms with Gasteiger partial charge in [0.2, 0.25) is 11.9 Å². The third-order valence-electron chi connectivity index (χ3n) is 1.45. The number of nitrogens with zero attached hydrogens (tertiary/aromatic N) is 3. The Kier molecular flexibility index (Phi) is 3.33. The molecule has 0 aliphatic heterocycles. The summed E-state index contributed by atoms with van der Waals surface area (Å²) in [4.78, 5) is 15.4. The van der Waals surface area contributed by atoms with Gasteiger partial charge in [0, 0.05) is 5.54 Å². The molecule has 1 aromatic heterocycles. The molecule has 84 valence electrons. The Morgan fingerprint density at radius 2 is 2.20 bits per heavy atom. The lowest BCUT2D eigenvalue weighted by atomic mass is 10.1. The van der Waals surface area contributed by atoms with Crippen molar-refractivity contribution in [3.8, 4) is 0 Å². The highest BCUT2D eigenvalue weighted by atomic mass is 79.9. The van der Waals surface area contributed by atoms with Crippen molar-refractivity contribution in [3.63, 3.8) is 0 Å². The van der Waals surface area contributed by atoms with Gasteiger partial charge in [-0.15, -0.1) is 5.10 Å². The molecule has 0 atom stereocenters. The third kappa shape index (κ3) is 3.86. The molecule has 0 radical (unpaired) electrons. The quantitative estimate of drug-likeness (QED) is 0.825. The molecule has 15 heavy (non-hydrogen) atoms. The van der Waals surface area contributed by atoms with Crippen molar-refractivity contribution in [3.05, 3.63) is 4.73 Å². The highest BCUT2D eigenvalue weighted by Gasteiger charge is 2.15. The van der Waals surface area contributed by atoms with Gasteiger partial charge < -0.3 is 11.1 Å². The first-order valence-electron chi connectivity index (χ1n) is 4.45. The summed E-state index contributed by atoms with van der Waals surface area (Å²) >= 11 is 3.15. The number of nitrogen functional groups attached to an aromatic ring is 1. The van der Waals surface area contributed by atoms with E-state index in [0.717, 1.165) is 0 Å². The summed E-state index contributed by atoms with van der Waals surface area (Å²) in [5, 5.41) is 6.67. The Labute approximate surface area is 96.4 Å². The van der Waals surface area contributed by atoms with Crippen LogP contribution in [-0.2, 0) is 11.3 Å². The van der Waals surface area contributed by atoms with Crippen molar-refractivity contribution < 1.29 is 4.79 Å². The summed E-state index contributed by atoms with van der Waals surface area (Å²) in [5.41, 5.74) is 5.12. The minimum Gasteiger partial charge on any atom is -0.366 e. The standard InChI is InChI=1S/C8H14BrN5O/c1-8(2,3)12-5(15)4-14-6(9)11-7(10)13-14/h4H2,1-3H3,(H2,10,13)(H,12,15). The molecule has 1 rings (SSSR count). The van der Waals surface area contributed by atoms with Crippen LogP contribution < -0.4 is 11.1 Å². The second-order valence-corrected chi connectivity index (χ2v) is 4.90. The molecule has 0 fully saturated rings. The van der Waals surface area contributed by atoms with Crippen LogP contribution in [-0.4, -0.2) is 26.2 Å². The predicted octanol–water partition coefficient (Wildman–Crippen LogP) is 0.538. The molecule has 3 N–H and O–H groups in total. The van der Waals surface area contributed by atoms with Crippen molar-refractivity contribution in [1.82, 2.24) is 20.1 Å². The number of hydrogen-bond acceptors (Lipinski definition) is 4. The molecular formula is C8H14BrN5O. The van der Waals surface area contributed by atoms with Crippen LogP contribution in [0.3, 0.4) is 0 Å². The number of hydrogen-bond donors (Lipinski definition) is 2. The summed E-state index contributed by atoms with van der Waals surface area (Å²) in [7, 11) is 0. The Morgan fingerprint density at radius 3 is 2.60 bits per heavy atom. The molecule has 1 aromatic rings. The Bertz CT molecular complexity index is 368. The van der Waals surface area contributed by atoms with Gasteiger partial charge in [0.25, 0.3) is 0 Å².